The van der Waals surface area contributed by atoms with Crippen LogP contribution in [0.1, 0.15) is 37.8 Å². The Labute approximate surface area is 120 Å². The Hall–Kier alpha value is -1.46. The summed E-state index contributed by atoms with van der Waals surface area (Å²) in [5, 5.41) is 0. The molecule has 0 radical (unpaired) electrons. The monoisotopic (exact) mass is 294 g/mol. The van der Waals surface area contributed by atoms with Crippen LogP contribution in [0.4, 0.5) is 0 Å². The second-order valence-corrected chi connectivity index (χ2v) is 6.91. The minimum Gasteiger partial charge on any atom is -0.282 e. The summed E-state index contributed by atoms with van der Waals surface area (Å²) in [4.78, 5) is 0.00468. The molecule has 1 aromatic carbocycles. The molecular formula is C15H20NO3S+. The maximum absolute atomic E-state index is 11.6. The minimum absolute atomic E-state index is 0.00468. The molecule has 1 N–H and O–H groups in total. The number of hydrogen-bond donors (Lipinski definition) is 1. The maximum atomic E-state index is 11.6. The van der Waals surface area contributed by atoms with Crippen LogP contribution in [0.3, 0.4) is 0 Å². The third kappa shape index (κ3) is 3.35. The van der Waals surface area contributed by atoms with Gasteiger partial charge < -0.3 is 0 Å². The lowest BCUT2D eigenvalue weighted by atomic mass is 10.0. The average molecular weight is 294 g/mol. The smallest absolute Gasteiger partial charge is 0.282 e. The molecule has 0 aromatic heterocycles. The third-order valence-electron chi connectivity index (χ3n) is 3.40. The molecule has 0 saturated carbocycles. The van der Waals surface area contributed by atoms with Gasteiger partial charge in [0.05, 0.1) is 5.92 Å². The third-order valence-corrected chi connectivity index (χ3v) is 4.33. The van der Waals surface area contributed by atoms with E-state index in [1.807, 2.05) is 43.0 Å². The van der Waals surface area contributed by atoms with Gasteiger partial charge in [0.2, 0.25) is 0 Å². The number of benzene rings is 1. The Bertz CT molecular complexity index is 672. The van der Waals surface area contributed by atoms with Crippen LogP contribution in [0.25, 0.3) is 0 Å². The number of rotatable bonds is 4. The highest BCUT2D eigenvalue weighted by Gasteiger charge is 2.21. The largest absolute Gasteiger partial charge is 0.295 e. The highest BCUT2D eigenvalue weighted by atomic mass is 32.2. The van der Waals surface area contributed by atoms with E-state index in [-0.39, 0.29) is 10.8 Å². The molecule has 1 aliphatic rings. The molecule has 1 aromatic rings. The molecule has 20 heavy (non-hydrogen) atoms. The Morgan fingerprint density at radius 3 is 2.55 bits per heavy atom. The molecule has 0 fully saturated rings. The van der Waals surface area contributed by atoms with Gasteiger partial charge in [0, 0.05) is 5.56 Å². The van der Waals surface area contributed by atoms with E-state index in [4.69, 9.17) is 0 Å². The normalized spacial score (nSPS) is 18.6. The van der Waals surface area contributed by atoms with Crippen LogP contribution in [0.15, 0.2) is 35.4 Å². The molecule has 1 heterocycles. The lowest BCUT2D eigenvalue weighted by Crippen LogP contribution is -2.10. The Morgan fingerprint density at radius 1 is 1.35 bits per heavy atom. The van der Waals surface area contributed by atoms with Crippen molar-refractivity contribution >= 4 is 16.3 Å². The van der Waals surface area contributed by atoms with Crippen LogP contribution >= 0.6 is 0 Å². The predicted molar refractivity (Wildman–Crippen MR) is 78.7 cm³/mol. The van der Waals surface area contributed by atoms with E-state index in [2.05, 4.69) is 6.92 Å². The van der Waals surface area contributed by atoms with E-state index >= 15 is 0 Å². The SMILES string of the molecule is CC1C=C[N+](Cc2ccc(C(C)C)cc2S(=O)(=O)O)=C1. The van der Waals surface area contributed by atoms with Gasteiger partial charge in [-0.05, 0) is 30.5 Å². The van der Waals surface area contributed by atoms with Crippen molar-refractivity contribution in [1.82, 2.24) is 0 Å². The van der Waals surface area contributed by atoms with Crippen molar-refractivity contribution in [3.05, 3.63) is 41.6 Å². The molecule has 108 valence electrons. The number of nitrogens with zero attached hydrogens (tertiary/aromatic N) is 1. The van der Waals surface area contributed by atoms with E-state index in [9.17, 15) is 13.0 Å². The van der Waals surface area contributed by atoms with Crippen LogP contribution in [0, 0.1) is 5.92 Å². The molecule has 0 bridgehead atoms. The Kier molecular flexibility index (Phi) is 4.11. The Morgan fingerprint density at radius 2 is 2.05 bits per heavy atom. The quantitative estimate of drug-likeness (QED) is 0.686. The van der Waals surface area contributed by atoms with Gasteiger partial charge in [-0.1, -0.05) is 26.0 Å². The maximum Gasteiger partial charge on any atom is 0.295 e. The van der Waals surface area contributed by atoms with E-state index in [1.54, 1.807) is 12.1 Å². The molecular weight excluding hydrogens is 274 g/mol. The van der Waals surface area contributed by atoms with Gasteiger partial charge in [-0.3, -0.25) is 4.55 Å². The zero-order valence-electron chi connectivity index (χ0n) is 11.9. The molecule has 0 saturated heterocycles. The average Bonchev–Trinajstić information content (AvgIpc) is 2.73. The van der Waals surface area contributed by atoms with Gasteiger partial charge in [0.25, 0.3) is 10.1 Å². The molecule has 0 spiro atoms. The second-order valence-electron chi connectivity index (χ2n) is 5.52. The van der Waals surface area contributed by atoms with E-state index in [0.29, 0.717) is 18.0 Å². The summed E-state index contributed by atoms with van der Waals surface area (Å²) < 4.78 is 34.5. The molecule has 2 rings (SSSR count). The van der Waals surface area contributed by atoms with Crippen LogP contribution in [0.5, 0.6) is 0 Å². The fourth-order valence-corrected chi connectivity index (χ4v) is 3.00. The lowest BCUT2D eigenvalue weighted by Gasteiger charge is -2.10. The highest BCUT2D eigenvalue weighted by Crippen LogP contribution is 2.23. The number of allylic oxidation sites excluding steroid dienone is 1. The zero-order chi connectivity index (χ0) is 14.9. The summed E-state index contributed by atoms with van der Waals surface area (Å²) in [6, 6.07) is 5.26. The van der Waals surface area contributed by atoms with Crippen LogP contribution in [-0.4, -0.2) is 23.8 Å². The fourth-order valence-electron chi connectivity index (χ4n) is 2.25. The minimum atomic E-state index is -4.21. The summed E-state index contributed by atoms with van der Waals surface area (Å²) in [5.41, 5.74) is 1.50. The molecule has 0 aliphatic carbocycles. The van der Waals surface area contributed by atoms with E-state index in [0.717, 1.165) is 5.56 Å². The van der Waals surface area contributed by atoms with Gasteiger partial charge >= 0.3 is 0 Å². The van der Waals surface area contributed by atoms with Crippen LogP contribution in [-0.2, 0) is 16.7 Å². The van der Waals surface area contributed by atoms with Gasteiger partial charge in [-0.15, -0.1) is 0 Å². The van der Waals surface area contributed by atoms with Crippen molar-refractivity contribution < 1.29 is 17.5 Å². The van der Waals surface area contributed by atoms with Crippen molar-refractivity contribution in [2.45, 2.75) is 38.1 Å². The van der Waals surface area contributed by atoms with Gasteiger partial charge in [0.1, 0.15) is 4.90 Å². The van der Waals surface area contributed by atoms with Crippen molar-refractivity contribution in [2.75, 3.05) is 0 Å². The summed E-state index contributed by atoms with van der Waals surface area (Å²) >= 11 is 0. The molecule has 1 aliphatic heterocycles. The summed E-state index contributed by atoms with van der Waals surface area (Å²) in [5.74, 6) is 0.557. The first kappa shape index (κ1) is 14.9. The summed E-state index contributed by atoms with van der Waals surface area (Å²) in [6.45, 7) is 6.47. The summed E-state index contributed by atoms with van der Waals surface area (Å²) in [7, 11) is -4.21. The predicted octanol–water partition coefficient (Wildman–Crippen LogP) is 2.80. The second kappa shape index (κ2) is 5.50. The molecule has 0 amide bonds. The molecule has 5 heteroatoms. The van der Waals surface area contributed by atoms with Gasteiger partial charge in [-0.25, -0.2) is 4.58 Å². The topological polar surface area (TPSA) is 57.4 Å². The highest BCUT2D eigenvalue weighted by molar-refractivity contribution is 7.85. The molecule has 1 atom stereocenters. The first-order valence-corrected chi connectivity index (χ1v) is 8.11. The van der Waals surface area contributed by atoms with Crippen molar-refractivity contribution in [3.63, 3.8) is 0 Å². The Balaban J connectivity index is 2.43. The molecule has 1 unspecified atom stereocenters. The van der Waals surface area contributed by atoms with Crippen molar-refractivity contribution in [3.8, 4) is 0 Å². The van der Waals surface area contributed by atoms with E-state index in [1.165, 1.54) is 0 Å². The van der Waals surface area contributed by atoms with Gasteiger partial charge in [0.15, 0.2) is 19.0 Å². The molecule has 4 nitrogen and oxygen atoms in total. The zero-order valence-corrected chi connectivity index (χ0v) is 12.8. The van der Waals surface area contributed by atoms with Crippen molar-refractivity contribution in [2.24, 2.45) is 5.92 Å². The fraction of sp³-hybridized carbons (Fsp3) is 0.400. The van der Waals surface area contributed by atoms with Gasteiger partial charge in [-0.2, -0.15) is 8.42 Å². The lowest BCUT2D eigenvalue weighted by molar-refractivity contribution is -0.467. The van der Waals surface area contributed by atoms with Crippen molar-refractivity contribution in [1.29, 1.82) is 0 Å². The first-order chi connectivity index (χ1) is 9.27. The first-order valence-electron chi connectivity index (χ1n) is 6.66. The van der Waals surface area contributed by atoms with E-state index < -0.39 is 10.1 Å². The number of hydrogen-bond acceptors (Lipinski definition) is 2. The van der Waals surface area contributed by atoms with Crippen LogP contribution < -0.4 is 0 Å². The van der Waals surface area contributed by atoms with Crippen LogP contribution in [0.2, 0.25) is 0 Å². The standard InChI is InChI=1S/C15H19NO3S/c1-11(2)13-4-5-14(15(8-13)20(17,18)19)10-16-7-6-12(3)9-16/h4-9,11-12H,10H2,1-3H3/p+1. The summed E-state index contributed by atoms with van der Waals surface area (Å²) in [6.07, 6.45) is 5.98.